The van der Waals surface area contributed by atoms with E-state index in [1.165, 1.54) is 96.3 Å². The number of hydrogen-bond acceptors (Lipinski definition) is 1. The van der Waals surface area contributed by atoms with E-state index in [2.05, 4.69) is 158 Å². The third-order valence-corrected chi connectivity index (χ3v) is 10.8. The zero-order valence-corrected chi connectivity index (χ0v) is 25.2. The van der Waals surface area contributed by atoms with Gasteiger partial charge in [0.25, 0.3) is 0 Å². The fraction of sp³-hybridized carbons (Fsp3) is 0. The minimum atomic E-state index is 1.25. The van der Waals surface area contributed by atoms with Crippen LogP contribution in [0.25, 0.3) is 96.3 Å². The minimum absolute atomic E-state index is 1.25. The Labute approximate surface area is 264 Å². The standard InChI is InChI=1S/C44H26S/c1-3-11-32-27(9-1)17-18-29-19-20-30(25-39(29)32)42-34-13-5-7-15-36(34)43(37-16-8-6-14-35(37)42)31-22-24-41-40(26-31)38-23-21-28-10-2-4-12-33(28)44(38)45-41/h1-26H. The Balaban J connectivity index is 1.27. The van der Waals surface area contributed by atoms with Crippen LogP contribution in [0.1, 0.15) is 0 Å². The van der Waals surface area contributed by atoms with Gasteiger partial charge < -0.3 is 0 Å². The maximum absolute atomic E-state index is 2.43. The highest BCUT2D eigenvalue weighted by Gasteiger charge is 2.18. The van der Waals surface area contributed by atoms with Gasteiger partial charge in [0.15, 0.2) is 0 Å². The van der Waals surface area contributed by atoms with Gasteiger partial charge in [-0.1, -0.05) is 140 Å². The van der Waals surface area contributed by atoms with Crippen molar-refractivity contribution >= 4 is 85.4 Å². The maximum Gasteiger partial charge on any atom is 0.0433 e. The topological polar surface area (TPSA) is 0 Å². The lowest BCUT2D eigenvalue weighted by Crippen LogP contribution is -1.91. The fourth-order valence-electron chi connectivity index (χ4n) is 7.57. The third-order valence-electron chi connectivity index (χ3n) is 9.62. The average molecular weight is 587 g/mol. The van der Waals surface area contributed by atoms with Gasteiger partial charge in [-0.2, -0.15) is 0 Å². The number of hydrogen-bond donors (Lipinski definition) is 0. The summed E-state index contributed by atoms with van der Waals surface area (Å²) >= 11 is 1.90. The number of thiophene rings is 1. The smallest absolute Gasteiger partial charge is 0.0433 e. The lowest BCUT2D eigenvalue weighted by atomic mass is 9.85. The van der Waals surface area contributed by atoms with Crippen LogP contribution in [0.4, 0.5) is 0 Å². The van der Waals surface area contributed by atoms with E-state index in [4.69, 9.17) is 0 Å². The molecule has 0 aliphatic carbocycles. The van der Waals surface area contributed by atoms with Crippen LogP contribution in [0, 0.1) is 0 Å². The molecule has 0 bridgehead atoms. The van der Waals surface area contributed by atoms with E-state index in [1.807, 2.05) is 11.3 Å². The monoisotopic (exact) mass is 586 g/mol. The van der Waals surface area contributed by atoms with Crippen molar-refractivity contribution < 1.29 is 0 Å². The van der Waals surface area contributed by atoms with Crippen molar-refractivity contribution in [3.63, 3.8) is 0 Å². The molecule has 10 aromatic rings. The average Bonchev–Trinajstić information content (AvgIpc) is 3.49. The molecule has 0 aliphatic heterocycles. The highest BCUT2D eigenvalue weighted by atomic mass is 32.1. The van der Waals surface area contributed by atoms with Crippen molar-refractivity contribution in [1.29, 1.82) is 0 Å². The Kier molecular flexibility index (Phi) is 5.25. The van der Waals surface area contributed by atoms with Gasteiger partial charge in [-0.3, -0.25) is 0 Å². The Hall–Kier alpha value is -5.50. The second-order valence-corrected chi connectivity index (χ2v) is 13.1. The highest BCUT2D eigenvalue weighted by molar-refractivity contribution is 7.26. The summed E-state index contributed by atoms with van der Waals surface area (Å²) in [4.78, 5) is 0. The molecule has 0 unspecified atom stereocenters. The molecule has 0 saturated carbocycles. The van der Waals surface area contributed by atoms with E-state index < -0.39 is 0 Å². The van der Waals surface area contributed by atoms with Crippen molar-refractivity contribution in [3.05, 3.63) is 158 Å². The summed E-state index contributed by atoms with van der Waals surface area (Å²) in [7, 11) is 0. The van der Waals surface area contributed by atoms with Gasteiger partial charge in [-0.05, 0) is 94.3 Å². The van der Waals surface area contributed by atoms with Gasteiger partial charge in [-0.15, -0.1) is 11.3 Å². The van der Waals surface area contributed by atoms with Crippen LogP contribution in [-0.4, -0.2) is 0 Å². The zero-order valence-electron chi connectivity index (χ0n) is 24.4. The second-order valence-electron chi connectivity index (χ2n) is 12.0. The Morgan fingerprint density at radius 1 is 0.289 bits per heavy atom. The van der Waals surface area contributed by atoms with Crippen molar-refractivity contribution in [3.8, 4) is 22.3 Å². The molecule has 0 saturated heterocycles. The summed E-state index contributed by atoms with van der Waals surface area (Å²) in [5.74, 6) is 0. The molecular weight excluding hydrogens is 561 g/mol. The summed E-state index contributed by atoms with van der Waals surface area (Å²) < 4.78 is 2.70. The number of fused-ring (bicyclic) bond motifs is 10. The quantitative estimate of drug-likeness (QED) is 0.140. The van der Waals surface area contributed by atoms with Crippen molar-refractivity contribution in [2.45, 2.75) is 0 Å². The maximum atomic E-state index is 2.43. The molecule has 45 heavy (non-hydrogen) atoms. The Morgan fingerprint density at radius 2 is 0.733 bits per heavy atom. The lowest BCUT2D eigenvalue weighted by Gasteiger charge is -2.18. The normalized spacial score (nSPS) is 12.0. The van der Waals surface area contributed by atoms with E-state index >= 15 is 0 Å². The van der Waals surface area contributed by atoms with E-state index in [0.717, 1.165) is 0 Å². The number of benzene rings is 9. The summed E-state index contributed by atoms with van der Waals surface area (Å²) in [5, 5.41) is 15.6. The predicted octanol–water partition coefficient (Wildman–Crippen LogP) is 13.2. The molecule has 0 fully saturated rings. The SMILES string of the molecule is c1ccc2c(c1)ccc1ccc(-c3c4ccccc4c(-c4ccc5sc6c7ccccc7ccc6c5c4)c4ccccc34)cc12. The molecule has 1 heteroatoms. The van der Waals surface area contributed by atoms with Crippen molar-refractivity contribution in [2.75, 3.05) is 0 Å². The predicted molar refractivity (Wildman–Crippen MR) is 198 cm³/mol. The van der Waals surface area contributed by atoms with Gasteiger partial charge in [0.1, 0.15) is 0 Å². The van der Waals surface area contributed by atoms with E-state index in [1.54, 1.807) is 0 Å². The highest BCUT2D eigenvalue weighted by Crippen LogP contribution is 2.46. The Morgan fingerprint density at radius 3 is 1.38 bits per heavy atom. The van der Waals surface area contributed by atoms with Crippen LogP contribution in [0.15, 0.2) is 158 Å². The van der Waals surface area contributed by atoms with Crippen LogP contribution in [0.2, 0.25) is 0 Å². The molecule has 0 spiro atoms. The first-order chi connectivity index (χ1) is 22.3. The summed E-state index contributed by atoms with van der Waals surface area (Å²) in [6.07, 6.45) is 0. The lowest BCUT2D eigenvalue weighted by molar-refractivity contribution is 1.69. The van der Waals surface area contributed by atoms with Gasteiger partial charge in [0.2, 0.25) is 0 Å². The molecular formula is C44H26S. The van der Waals surface area contributed by atoms with Gasteiger partial charge in [0, 0.05) is 20.2 Å². The Bertz CT molecular complexity index is 2760. The molecule has 10 rings (SSSR count). The van der Waals surface area contributed by atoms with E-state index in [9.17, 15) is 0 Å². The van der Waals surface area contributed by atoms with Crippen molar-refractivity contribution in [1.82, 2.24) is 0 Å². The largest absolute Gasteiger partial charge is 0.135 e. The first kappa shape index (κ1) is 24.9. The van der Waals surface area contributed by atoms with Crippen LogP contribution in [-0.2, 0) is 0 Å². The summed E-state index contributed by atoms with van der Waals surface area (Å²) in [6.45, 7) is 0. The van der Waals surface area contributed by atoms with Gasteiger partial charge >= 0.3 is 0 Å². The zero-order chi connectivity index (χ0) is 29.5. The molecule has 0 nitrogen and oxygen atoms in total. The summed E-state index contributed by atoms with van der Waals surface area (Å²) in [6, 6.07) is 58.5. The van der Waals surface area contributed by atoms with Crippen LogP contribution in [0.5, 0.6) is 0 Å². The van der Waals surface area contributed by atoms with Gasteiger partial charge in [0.05, 0.1) is 0 Å². The molecule has 9 aromatic carbocycles. The first-order valence-corrected chi connectivity index (χ1v) is 16.3. The third kappa shape index (κ3) is 3.65. The molecule has 0 amide bonds. The fourth-order valence-corrected chi connectivity index (χ4v) is 8.79. The van der Waals surface area contributed by atoms with Crippen LogP contribution in [0.3, 0.4) is 0 Å². The van der Waals surface area contributed by atoms with E-state index in [0.29, 0.717) is 0 Å². The molecule has 208 valence electrons. The molecule has 1 aromatic heterocycles. The number of rotatable bonds is 2. The van der Waals surface area contributed by atoms with Crippen LogP contribution >= 0.6 is 11.3 Å². The van der Waals surface area contributed by atoms with Crippen LogP contribution < -0.4 is 0 Å². The molecule has 0 radical (unpaired) electrons. The first-order valence-electron chi connectivity index (χ1n) is 15.5. The molecule has 1 heterocycles. The summed E-state index contributed by atoms with van der Waals surface area (Å²) in [5.41, 5.74) is 5.12. The van der Waals surface area contributed by atoms with E-state index in [-0.39, 0.29) is 0 Å². The second kappa shape index (κ2) is 9.50. The van der Waals surface area contributed by atoms with Gasteiger partial charge in [-0.25, -0.2) is 0 Å². The molecule has 0 atom stereocenters. The minimum Gasteiger partial charge on any atom is -0.135 e. The van der Waals surface area contributed by atoms with Crippen molar-refractivity contribution in [2.24, 2.45) is 0 Å². The molecule has 0 aliphatic rings. The molecule has 0 N–H and O–H groups in total.